The van der Waals surface area contributed by atoms with E-state index in [2.05, 4.69) is 118 Å². The maximum absolute atomic E-state index is 12.9. The Balaban J connectivity index is 4.35. The summed E-state index contributed by atoms with van der Waals surface area (Å²) < 4.78 is 16.9. The lowest BCUT2D eigenvalue weighted by atomic mass is 10.0. The largest absolute Gasteiger partial charge is 0.462 e. The Labute approximate surface area is 470 Å². The van der Waals surface area contributed by atoms with Gasteiger partial charge in [0.25, 0.3) is 0 Å². The first-order valence-corrected chi connectivity index (χ1v) is 32.2. The highest BCUT2D eigenvalue weighted by molar-refractivity contribution is 5.71. The van der Waals surface area contributed by atoms with Crippen molar-refractivity contribution in [2.45, 2.75) is 316 Å². The molecular weight excluding hydrogens is 937 g/mol. The summed E-state index contributed by atoms with van der Waals surface area (Å²) in [6, 6.07) is 0. The van der Waals surface area contributed by atoms with Crippen LogP contribution in [-0.2, 0) is 28.6 Å². The number of hydrogen-bond acceptors (Lipinski definition) is 6. The molecule has 0 amide bonds. The molecule has 0 fully saturated rings. The van der Waals surface area contributed by atoms with Crippen LogP contribution in [0.5, 0.6) is 0 Å². The average Bonchev–Trinajstić information content (AvgIpc) is 3.42. The zero-order valence-electron chi connectivity index (χ0n) is 50.0. The monoisotopic (exact) mass is 1060 g/mol. The fourth-order valence-corrected chi connectivity index (χ4v) is 9.07. The van der Waals surface area contributed by atoms with Crippen molar-refractivity contribution in [2.75, 3.05) is 13.2 Å². The minimum absolute atomic E-state index is 0.0851. The van der Waals surface area contributed by atoms with Crippen molar-refractivity contribution in [1.29, 1.82) is 0 Å². The molecule has 0 aliphatic carbocycles. The van der Waals surface area contributed by atoms with Crippen molar-refractivity contribution in [3.05, 3.63) is 97.2 Å². The molecule has 76 heavy (non-hydrogen) atoms. The molecular formula is C70H120O6. The molecule has 6 nitrogen and oxygen atoms in total. The van der Waals surface area contributed by atoms with E-state index < -0.39 is 6.10 Å². The van der Waals surface area contributed by atoms with Gasteiger partial charge in [-0.3, -0.25) is 14.4 Å². The molecule has 0 aliphatic heterocycles. The topological polar surface area (TPSA) is 78.9 Å². The van der Waals surface area contributed by atoms with E-state index in [0.717, 1.165) is 122 Å². The molecule has 436 valence electrons. The zero-order valence-corrected chi connectivity index (χ0v) is 50.0. The second-order valence-corrected chi connectivity index (χ2v) is 21.3. The van der Waals surface area contributed by atoms with Crippen molar-refractivity contribution in [2.24, 2.45) is 0 Å². The van der Waals surface area contributed by atoms with Gasteiger partial charge in [-0.25, -0.2) is 0 Å². The minimum Gasteiger partial charge on any atom is -0.462 e. The smallest absolute Gasteiger partial charge is 0.306 e. The van der Waals surface area contributed by atoms with Crippen molar-refractivity contribution in [3.8, 4) is 0 Å². The Hall–Kier alpha value is -3.67. The first-order valence-electron chi connectivity index (χ1n) is 32.2. The first-order chi connectivity index (χ1) is 37.5. The van der Waals surface area contributed by atoms with Gasteiger partial charge in [-0.05, 0) is 96.3 Å². The van der Waals surface area contributed by atoms with Crippen molar-refractivity contribution < 1.29 is 28.6 Å². The molecule has 0 aliphatic rings. The summed E-state index contributed by atoms with van der Waals surface area (Å²) in [4.78, 5) is 38.3. The van der Waals surface area contributed by atoms with Crippen LogP contribution < -0.4 is 0 Å². The molecule has 0 N–H and O–H groups in total. The second-order valence-electron chi connectivity index (χ2n) is 21.3. The van der Waals surface area contributed by atoms with E-state index in [4.69, 9.17) is 14.2 Å². The molecule has 0 spiro atoms. The van der Waals surface area contributed by atoms with Crippen molar-refractivity contribution in [3.63, 3.8) is 0 Å². The van der Waals surface area contributed by atoms with Gasteiger partial charge < -0.3 is 14.2 Å². The van der Waals surface area contributed by atoms with Crippen LogP contribution in [0.4, 0.5) is 0 Å². The Kier molecular flexibility index (Phi) is 60.8. The van der Waals surface area contributed by atoms with Crippen LogP contribution in [0.15, 0.2) is 97.2 Å². The molecule has 0 aromatic heterocycles. The number of allylic oxidation sites excluding steroid dienone is 16. The summed E-state index contributed by atoms with van der Waals surface area (Å²) in [5, 5.41) is 0. The van der Waals surface area contributed by atoms with Crippen molar-refractivity contribution >= 4 is 17.9 Å². The highest BCUT2D eigenvalue weighted by Crippen LogP contribution is 2.17. The summed E-state index contributed by atoms with van der Waals surface area (Å²) in [5.74, 6) is -0.898. The molecule has 0 saturated heterocycles. The summed E-state index contributed by atoms with van der Waals surface area (Å²) in [7, 11) is 0. The SMILES string of the molecule is CC/C=C\C/C=C\C/C=C\C/C=C\CCCCCCCCCCCCCCC(=O)OCC(COC(=O)CCCCCCCCCCCCCCCCCC)OC(=O)CCCCCC/C=C\C/C=C\C/C=C\C/C=C\CC. The molecule has 0 saturated carbocycles. The highest BCUT2D eigenvalue weighted by Gasteiger charge is 2.19. The maximum atomic E-state index is 12.9. The van der Waals surface area contributed by atoms with Gasteiger partial charge in [0.2, 0.25) is 0 Å². The number of carbonyl (C=O) groups excluding carboxylic acids is 3. The van der Waals surface area contributed by atoms with Gasteiger partial charge >= 0.3 is 17.9 Å². The summed E-state index contributed by atoms with van der Waals surface area (Å²) >= 11 is 0. The first kappa shape index (κ1) is 72.3. The second kappa shape index (κ2) is 63.9. The maximum Gasteiger partial charge on any atom is 0.306 e. The lowest BCUT2D eigenvalue weighted by Gasteiger charge is -2.18. The molecule has 0 aromatic carbocycles. The van der Waals surface area contributed by atoms with E-state index >= 15 is 0 Å². The van der Waals surface area contributed by atoms with E-state index in [1.54, 1.807) is 0 Å². The van der Waals surface area contributed by atoms with Crippen LogP contribution in [0.2, 0.25) is 0 Å². The van der Waals surface area contributed by atoms with E-state index in [-0.39, 0.29) is 31.1 Å². The average molecular weight is 1060 g/mol. The third kappa shape index (κ3) is 61.2. The van der Waals surface area contributed by atoms with Gasteiger partial charge in [0, 0.05) is 19.3 Å². The predicted octanol–water partition coefficient (Wildman–Crippen LogP) is 22.0. The Morgan fingerprint density at radius 3 is 0.803 bits per heavy atom. The Morgan fingerprint density at radius 2 is 0.513 bits per heavy atom. The molecule has 0 heterocycles. The molecule has 6 heteroatoms. The predicted molar refractivity (Wildman–Crippen MR) is 330 cm³/mol. The molecule has 1 atom stereocenters. The fourth-order valence-electron chi connectivity index (χ4n) is 9.07. The van der Waals surface area contributed by atoms with Crippen LogP contribution >= 0.6 is 0 Å². The Bertz CT molecular complexity index is 1490. The van der Waals surface area contributed by atoms with Crippen LogP contribution in [0.3, 0.4) is 0 Å². The fraction of sp³-hybridized carbons (Fsp3) is 0.729. The van der Waals surface area contributed by atoms with Gasteiger partial charge in [0.15, 0.2) is 6.10 Å². The number of esters is 3. The van der Waals surface area contributed by atoms with E-state index in [1.165, 1.54) is 148 Å². The molecule has 0 bridgehead atoms. The highest BCUT2D eigenvalue weighted by atomic mass is 16.6. The van der Waals surface area contributed by atoms with Crippen molar-refractivity contribution in [1.82, 2.24) is 0 Å². The third-order valence-corrected chi connectivity index (χ3v) is 13.8. The van der Waals surface area contributed by atoms with Gasteiger partial charge in [0.05, 0.1) is 0 Å². The zero-order chi connectivity index (χ0) is 55.0. The molecule has 0 aromatic rings. The summed E-state index contributed by atoms with van der Waals surface area (Å²) in [5.41, 5.74) is 0. The summed E-state index contributed by atoms with van der Waals surface area (Å²) in [6.45, 7) is 6.43. The van der Waals surface area contributed by atoms with Crippen LogP contribution in [0.25, 0.3) is 0 Å². The quantitative estimate of drug-likeness (QED) is 0.0261. The lowest BCUT2D eigenvalue weighted by Crippen LogP contribution is -2.30. The number of ether oxygens (including phenoxy) is 3. The van der Waals surface area contributed by atoms with Crippen LogP contribution in [0.1, 0.15) is 310 Å². The van der Waals surface area contributed by atoms with E-state index in [0.29, 0.717) is 19.3 Å². The Morgan fingerprint density at radius 1 is 0.276 bits per heavy atom. The van der Waals surface area contributed by atoms with Crippen LogP contribution in [0, 0.1) is 0 Å². The molecule has 0 rings (SSSR count). The number of rotatable bonds is 58. The lowest BCUT2D eigenvalue weighted by molar-refractivity contribution is -0.167. The van der Waals surface area contributed by atoms with Crippen LogP contribution in [-0.4, -0.2) is 37.2 Å². The number of unbranched alkanes of at least 4 members (excludes halogenated alkanes) is 31. The van der Waals surface area contributed by atoms with Gasteiger partial charge in [0.1, 0.15) is 13.2 Å². The summed E-state index contributed by atoms with van der Waals surface area (Å²) in [6.07, 6.45) is 85.5. The minimum atomic E-state index is -0.791. The molecule has 0 radical (unpaired) electrons. The van der Waals surface area contributed by atoms with Gasteiger partial charge in [-0.2, -0.15) is 0 Å². The standard InChI is InChI=1S/C70H120O6/c1-4-7-10-13-16-19-22-25-28-31-32-33-34-35-36-37-38-40-42-45-48-51-54-57-60-63-69(72)75-66-67(65-74-68(71)62-59-56-53-50-47-44-41-30-27-24-21-18-15-12-9-6-3)76-70(73)64-61-58-55-52-49-46-43-39-29-26-23-20-17-14-11-8-5-2/h7-8,10-11,16-17,19-20,25-26,28-29,32-33,43,46,67H,4-6,9,12-15,18,21-24,27,30-31,34-42,44-45,47-66H2,1-3H3/b10-7-,11-8-,19-16-,20-17-,28-25-,29-26-,33-32-,46-43-. The third-order valence-electron chi connectivity index (χ3n) is 13.8. The normalized spacial score (nSPS) is 12.7. The van der Waals surface area contributed by atoms with Gasteiger partial charge in [-0.15, -0.1) is 0 Å². The molecule has 1 unspecified atom stereocenters. The number of hydrogen-bond donors (Lipinski definition) is 0. The van der Waals surface area contributed by atoms with E-state index in [1.807, 2.05) is 0 Å². The van der Waals surface area contributed by atoms with Gasteiger partial charge in [-0.1, -0.05) is 291 Å². The van der Waals surface area contributed by atoms with E-state index in [9.17, 15) is 14.4 Å². The number of carbonyl (C=O) groups is 3.